The summed E-state index contributed by atoms with van der Waals surface area (Å²) in [5.74, 6) is 1.02. The van der Waals surface area contributed by atoms with Crippen LogP contribution in [0.4, 0.5) is 16.0 Å². The summed E-state index contributed by atoms with van der Waals surface area (Å²) in [7, 11) is 0. The Morgan fingerprint density at radius 3 is 2.69 bits per heavy atom. The van der Waals surface area contributed by atoms with Crippen LogP contribution in [0.25, 0.3) is 0 Å². The molecule has 6 heteroatoms. The predicted molar refractivity (Wildman–Crippen MR) is 112 cm³/mol. The molecule has 1 aromatic heterocycles. The van der Waals surface area contributed by atoms with Gasteiger partial charge in [0, 0.05) is 37.8 Å². The number of nitrogens with one attached hydrogen (secondary N) is 1. The number of hydrogen-bond acceptors (Lipinski definition) is 5. The molecular formula is C23H25FN4O. The third kappa shape index (κ3) is 4.90. The van der Waals surface area contributed by atoms with Crippen molar-refractivity contribution >= 4 is 11.6 Å². The maximum absolute atomic E-state index is 13.8. The van der Waals surface area contributed by atoms with E-state index >= 15 is 0 Å². The average molecular weight is 392 g/mol. The highest BCUT2D eigenvalue weighted by Gasteiger charge is 2.19. The molecule has 150 valence electrons. The molecule has 0 amide bonds. The van der Waals surface area contributed by atoms with Crippen LogP contribution in [0.3, 0.4) is 0 Å². The number of aromatic nitrogens is 2. The number of hydrogen-bond donors (Lipinski definition) is 1. The van der Waals surface area contributed by atoms with Crippen LogP contribution in [0.15, 0.2) is 54.7 Å². The number of ether oxygens (including phenoxy) is 1. The molecule has 0 radical (unpaired) electrons. The first-order valence-electron chi connectivity index (χ1n) is 9.91. The van der Waals surface area contributed by atoms with E-state index in [9.17, 15) is 4.39 Å². The van der Waals surface area contributed by atoms with Gasteiger partial charge in [-0.25, -0.2) is 14.4 Å². The van der Waals surface area contributed by atoms with Crippen LogP contribution < -0.4 is 10.1 Å². The third-order valence-corrected chi connectivity index (χ3v) is 4.83. The summed E-state index contributed by atoms with van der Waals surface area (Å²) in [6.45, 7) is 6.65. The second kappa shape index (κ2) is 8.57. The van der Waals surface area contributed by atoms with Crippen molar-refractivity contribution in [1.29, 1.82) is 0 Å². The molecule has 1 N–H and O–H groups in total. The number of para-hydroxylation sites is 1. The first kappa shape index (κ1) is 19.3. The fraction of sp³-hybridized carbons (Fsp3) is 0.304. The molecule has 2 heterocycles. The average Bonchev–Trinajstić information content (AvgIpc) is 2.71. The van der Waals surface area contributed by atoms with Crippen molar-refractivity contribution in [3.05, 3.63) is 77.4 Å². The topological polar surface area (TPSA) is 50.3 Å². The van der Waals surface area contributed by atoms with Gasteiger partial charge in [0.05, 0.1) is 17.5 Å². The monoisotopic (exact) mass is 392 g/mol. The molecule has 0 saturated carbocycles. The van der Waals surface area contributed by atoms with Gasteiger partial charge < -0.3 is 10.1 Å². The summed E-state index contributed by atoms with van der Waals surface area (Å²) in [6, 6.07) is 14.8. The normalized spacial score (nSPS) is 13.9. The summed E-state index contributed by atoms with van der Waals surface area (Å²) >= 11 is 0. The lowest BCUT2D eigenvalue weighted by atomic mass is 10.1. The fourth-order valence-corrected chi connectivity index (χ4v) is 3.46. The van der Waals surface area contributed by atoms with Crippen molar-refractivity contribution in [2.45, 2.75) is 39.5 Å². The molecule has 0 fully saturated rings. The maximum atomic E-state index is 13.8. The molecule has 4 rings (SSSR count). The summed E-state index contributed by atoms with van der Waals surface area (Å²) < 4.78 is 19.5. The highest BCUT2D eigenvalue weighted by Crippen LogP contribution is 2.23. The van der Waals surface area contributed by atoms with Crippen LogP contribution in [0.2, 0.25) is 0 Å². The number of nitrogens with zero attached hydrogens (tertiary/aromatic N) is 3. The molecule has 1 aliphatic rings. The van der Waals surface area contributed by atoms with Gasteiger partial charge in [-0.15, -0.1) is 0 Å². The predicted octanol–water partition coefficient (Wildman–Crippen LogP) is 4.70. The van der Waals surface area contributed by atoms with E-state index in [0.717, 1.165) is 43.1 Å². The first-order chi connectivity index (χ1) is 14.1. The number of halogens is 1. The summed E-state index contributed by atoms with van der Waals surface area (Å²) in [5, 5.41) is 2.97. The summed E-state index contributed by atoms with van der Waals surface area (Å²) in [6.07, 6.45) is 2.87. The van der Waals surface area contributed by atoms with Gasteiger partial charge in [-0.3, -0.25) is 4.90 Å². The molecule has 0 unspecified atom stereocenters. The van der Waals surface area contributed by atoms with Gasteiger partial charge >= 0.3 is 0 Å². The highest BCUT2D eigenvalue weighted by atomic mass is 19.1. The number of anilines is 2. The van der Waals surface area contributed by atoms with Crippen molar-refractivity contribution < 1.29 is 9.13 Å². The van der Waals surface area contributed by atoms with Gasteiger partial charge in [0.1, 0.15) is 11.6 Å². The Balaban J connectivity index is 1.39. The second-order valence-electron chi connectivity index (χ2n) is 7.54. The Morgan fingerprint density at radius 1 is 1.14 bits per heavy atom. The van der Waals surface area contributed by atoms with Crippen LogP contribution in [0, 0.1) is 5.82 Å². The van der Waals surface area contributed by atoms with E-state index in [2.05, 4.69) is 32.3 Å². The second-order valence-corrected chi connectivity index (χ2v) is 7.54. The van der Waals surface area contributed by atoms with Crippen LogP contribution in [0.1, 0.15) is 30.7 Å². The molecule has 0 saturated heterocycles. The Morgan fingerprint density at radius 2 is 1.93 bits per heavy atom. The van der Waals surface area contributed by atoms with Crippen LogP contribution in [-0.4, -0.2) is 27.5 Å². The Bertz CT molecular complexity index is 975. The van der Waals surface area contributed by atoms with Crippen molar-refractivity contribution in [3.8, 4) is 5.75 Å². The first-order valence-corrected chi connectivity index (χ1v) is 9.91. The molecule has 1 aliphatic heterocycles. The van der Waals surface area contributed by atoms with Gasteiger partial charge in [0.25, 0.3) is 0 Å². The van der Waals surface area contributed by atoms with E-state index < -0.39 is 0 Å². The fourth-order valence-electron chi connectivity index (χ4n) is 3.46. The third-order valence-electron chi connectivity index (χ3n) is 4.83. The minimum Gasteiger partial charge on any atom is -0.491 e. The Kier molecular flexibility index (Phi) is 5.71. The van der Waals surface area contributed by atoms with Gasteiger partial charge in [0.2, 0.25) is 5.95 Å². The van der Waals surface area contributed by atoms with Gasteiger partial charge in [-0.2, -0.15) is 0 Å². The van der Waals surface area contributed by atoms with Crippen molar-refractivity contribution in [3.63, 3.8) is 0 Å². The lowest BCUT2D eigenvalue weighted by Crippen LogP contribution is -2.31. The van der Waals surface area contributed by atoms with E-state index in [1.807, 2.05) is 32.2 Å². The minimum atomic E-state index is -0.315. The number of benzene rings is 2. The van der Waals surface area contributed by atoms with Crippen LogP contribution in [-0.2, 0) is 19.5 Å². The van der Waals surface area contributed by atoms with Gasteiger partial charge in [-0.05, 0) is 43.7 Å². The van der Waals surface area contributed by atoms with Gasteiger partial charge in [0.15, 0.2) is 0 Å². The van der Waals surface area contributed by atoms with E-state index in [1.54, 1.807) is 18.2 Å². The SMILES string of the molecule is CC(C)Oc1ccc(CN2CCc3nc(Nc4ccccc4F)ncc3C2)cc1. The Hall–Kier alpha value is -2.99. The molecule has 5 nitrogen and oxygen atoms in total. The van der Waals surface area contributed by atoms with Crippen LogP contribution >= 0.6 is 0 Å². The van der Waals surface area contributed by atoms with E-state index in [0.29, 0.717) is 11.6 Å². The van der Waals surface area contributed by atoms with Gasteiger partial charge in [-0.1, -0.05) is 24.3 Å². The maximum Gasteiger partial charge on any atom is 0.227 e. The lowest BCUT2D eigenvalue weighted by Gasteiger charge is -2.28. The van der Waals surface area contributed by atoms with Crippen molar-refractivity contribution in [2.75, 3.05) is 11.9 Å². The molecule has 29 heavy (non-hydrogen) atoms. The van der Waals surface area contributed by atoms with Crippen LogP contribution in [0.5, 0.6) is 5.75 Å². The Labute approximate surface area is 170 Å². The highest BCUT2D eigenvalue weighted by molar-refractivity contribution is 5.54. The van der Waals surface area contributed by atoms with E-state index in [-0.39, 0.29) is 11.9 Å². The molecule has 0 bridgehead atoms. The van der Waals surface area contributed by atoms with E-state index in [1.165, 1.54) is 11.6 Å². The van der Waals surface area contributed by atoms with Crippen molar-refractivity contribution in [2.24, 2.45) is 0 Å². The largest absolute Gasteiger partial charge is 0.491 e. The quantitative estimate of drug-likeness (QED) is 0.659. The molecule has 3 aromatic rings. The van der Waals surface area contributed by atoms with Crippen molar-refractivity contribution in [1.82, 2.24) is 14.9 Å². The zero-order valence-corrected chi connectivity index (χ0v) is 16.7. The zero-order valence-electron chi connectivity index (χ0n) is 16.7. The standard InChI is InChI=1S/C23H25FN4O/c1-16(2)29-19-9-7-17(8-10-19)14-28-12-11-21-18(15-28)13-25-23(26-21)27-22-6-4-3-5-20(22)24/h3-10,13,16H,11-12,14-15H2,1-2H3,(H,25,26,27). The molecule has 0 atom stereocenters. The smallest absolute Gasteiger partial charge is 0.227 e. The lowest BCUT2D eigenvalue weighted by molar-refractivity contribution is 0.239. The van der Waals surface area contributed by atoms with E-state index in [4.69, 9.17) is 4.74 Å². The molecule has 0 aliphatic carbocycles. The minimum absolute atomic E-state index is 0.178. The summed E-state index contributed by atoms with van der Waals surface area (Å²) in [4.78, 5) is 11.4. The molecule has 0 spiro atoms. The number of rotatable bonds is 6. The zero-order chi connectivity index (χ0) is 20.2. The number of fused-ring (bicyclic) bond motifs is 1. The summed E-state index contributed by atoms with van der Waals surface area (Å²) in [5.41, 5.74) is 3.78. The molecule has 2 aromatic carbocycles. The molecular weight excluding hydrogens is 367 g/mol.